The summed E-state index contributed by atoms with van der Waals surface area (Å²) in [5.74, 6) is -0.281. The van der Waals surface area contributed by atoms with E-state index in [2.05, 4.69) is 59.2 Å². The fourth-order valence-corrected chi connectivity index (χ4v) is 2.73. The van der Waals surface area contributed by atoms with E-state index < -0.39 is 0 Å². The summed E-state index contributed by atoms with van der Waals surface area (Å²) in [5.41, 5.74) is 1.37. The molecule has 1 amide bonds. The number of nitrogens with zero attached hydrogens (tertiary/aromatic N) is 1. The maximum atomic E-state index is 12.3. The number of nitrogens with one attached hydrogen (secondary N) is 1. The number of amides is 1. The van der Waals surface area contributed by atoms with Crippen molar-refractivity contribution in [2.75, 3.05) is 5.32 Å². The third-order valence-electron chi connectivity index (χ3n) is 2.52. The molecule has 0 aromatic heterocycles. The molecule has 0 fully saturated rings. The van der Waals surface area contributed by atoms with Crippen molar-refractivity contribution in [2.24, 2.45) is 0 Å². The molecule has 0 unspecified atom stereocenters. The summed E-state index contributed by atoms with van der Waals surface area (Å²) >= 11 is 9.96. The molecule has 0 aliphatic rings. The van der Waals surface area contributed by atoms with E-state index in [0.29, 0.717) is 21.3 Å². The van der Waals surface area contributed by atoms with Gasteiger partial charge >= 0.3 is 0 Å². The maximum Gasteiger partial charge on any atom is 0.256 e. The Morgan fingerprint density at radius 3 is 2.40 bits per heavy atom. The van der Waals surface area contributed by atoms with Gasteiger partial charge in [-0.05, 0) is 52.3 Å². The van der Waals surface area contributed by atoms with Crippen LogP contribution in [0.3, 0.4) is 0 Å². The Balaban J connectivity index is 2.33. The number of nitriles is 1. The Kier molecular flexibility index (Phi) is 4.97. The highest BCUT2D eigenvalue weighted by atomic mass is 79.9. The molecule has 0 saturated heterocycles. The van der Waals surface area contributed by atoms with Crippen LogP contribution < -0.4 is 5.32 Å². The Hall–Kier alpha value is -1.16. The summed E-state index contributed by atoms with van der Waals surface area (Å²) in [6, 6.07) is 12.5. The Morgan fingerprint density at radius 2 is 1.70 bits per heavy atom. The molecule has 3 nitrogen and oxygen atoms in total. The summed E-state index contributed by atoms with van der Waals surface area (Å²) in [6.07, 6.45) is 0. The highest BCUT2D eigenvalue weighted by molar-refractivity contribution is 9.11. The van der Waals surface area contributed by atoms with Crippen molar-refractivity contribution in [3.8, 4) is 6.07 Å². The van der Waals surface area contributed by atoms with Gasteiger partial charge in [0.15, 0.2) is 0 Å². The van der Waals surface area contributed by atoms with Crippen LogP contribution in [0.25, 0.3) is 0 Å². The quantitative estimate of drug-likeness (QED) is 0.680. The predicted octanol–water partition coefficient (Wildman–Crippen LogP) is 5.10. The molecular formula is C14H7Br3N2O. The number of benzene rings is 2. The molecule has 0 aliphatic carbocycles. The minimum absolute atomic E-state index is 0.281. The number of carbonyl (C=O) groups excluding carboxylic acids is 1. The lowest BCUT2D eigenvalue weighted by Gasteiger charge is -2.09. The van der Waals surface area contributed by atoms with E-state index in [1.54, 1.807) is 30.3 Å². The van der Waals surface area contributed by atoms with Crippen molar-refractivity contribution in [1.82, 2.24) is 0 Å². The van der Waals surface area contributed by atoms with Crippen LogP contribution in [0, 0.1) is 11.3 Å². The van der Waals surface area contributed by atoms with Crippen LogP contribution in [0.2, 0.25) is 0 Å². The average molecular weight is 459 g/mol. The van der Waals surface area contributed by atoms with Gasteiger partial charge < -0.3 is 5.32 Å². The van der Waals surface area contributed by atoms with Gasteiger partial charge in [-0.1, -0.05) is 31.9 Å². The molecule has 0 aliphatic heterocycles. The van der Waals surface area contributed by atoms with Crippen LogP contribution in [0.1, 0.15) is 15.9 Å². The normalized spacial score (nSPS) is 9.90. The minimum atomic E-state index is -0.281. The zero-order chi connectivity index (χ0) is 14.7. The Morgan fingerprint density at radius 1 is 1.05 bits per heavy atom. The van der Waals surface area contributed by atoms with Gasteiger partial charge in [0.2, 0.25) is 0 Å². The van der Waals surface area contributed by atoms with Crippen molar-refractivity contribution in [1.29, 1.82) is 5.26 Å². The van der Waals surface area contributed by atoms with E-state index in [4.69, 9.17) is 5.26 Å². The highest BCUT2D eigenvalue weighted by Crippen LogP contribution is 2.24. The monoisotopic (exact) mass is 456 g/mol. The third-order valence-corrected chi connectivity index (χ3v) is 4.20. The Labute approximate surface area is 141 Å². The van der Waals surface area contributed by atoms with Crippen LogP contribution >= 0.6 is 47.8 Å². The lowest BCUT2D eigenvalue weighted by molar-refractivity contribution is 0.102. The molecule has 0 atom stereocenters. The van der Waals surface area contributed by atoms with Gasteiger partial charge in [0.05, 0.1) is 16.8 Å². The second-order valence-electron chi connectivity index (χ2n) is 3.88. The van der Waals surface area contributed by atoms with Crippen molar-refractivity contribution < 1.29 is 4.79 Å². The first-order chi connectivity index (χ1) is 9.51. The van der Waals surface area contributed by atoms with E-state index in [-0.39, 0.29) is 5.91 Å². The summed E-state index contributed by atoms with van der Waals surface area (Å²) in [7, 11) is 0. The largest absolute Gasteiger partial charge is 0.321 e. The molecule has 100 valence electrons. The first-order valence-corrected chi connectivity index (χ1v) is 7.85. The van der Waals surface area contributed by atoms with Crippen molar-refractivity contribution in [3.63, 3.8) is 0 Å². The van der Waals surface area contributed by atoms with Gasteiger partial charge in [0.25, 0.3) is 5.91 Å². The molecule has 0 heterocycles. The number of hydrogen-bond donors (Lipinski definition) is 1. The first kappa shape index (κ1) is 15.2. The molecule has 2 rings (SSSR count). The first-order valence-electron chi connectivity index (χ1n) is 5.47. The van der Waals surface area contributed by atoms with E-state index in [1.165, 1.54) is 0 Å². The van der Waals surface area contributed by atoms with E-state index in [0.717, 1.165) is 8.95 Å². The van der Waals surface area contributed by atoms with E-state index in [1.807, 2.05) is 6.07 Å². The van der Waals surface area contributed by atoms with Crippen LogP contribution in [-0.4, -0.2) is 5.91 Å². The van der Waals surface area contributed by atoms with Crippen LogP contribution in [0.15, 0.2) is 49.8 Å². The molecule has 20 heavy (non-hydrogen) atoms. The second kappa shape index (κ2) is 6.53. The van der Waals surface area contributed by atoms with Crippen molar-refractivity contribution in [2.45, 2.75) is 0 Å². The lowest BCUT2D eigenvalue weighted by atomic mass is 10.1. The summed E-state index contributed by atoms with van der Waals surface area (Å²) in [4.78, 5) is 12.3. The molecule has 0 spiro atoms. The van der Waals surface area contributed by atoms with Crippen LogP contribution in [0.4, 0.5) is 5.69 Å². The highest BCUT2D eigenvalue weighted by Gasteiger charge is 2.13. The summed E-state index contributed by atoms with van der Waals surface area (Å²) in [5, 5.41) is 11.8. The number of anilines is 1. The van der Waals surface area contributed by atoms with Gasteiger partial charge in [-0.2, -0.15) is 5.26 Å². The average Bonchev–Trinajstić information content (AvgIpc) is 2.43. The van der Waals surface area contributed by atoms with E-state index in [9.17, 15) is 4.79 Å². The zero-order valence-corrected chi connectivity index (χ0v) is 14.7. The molecule has 6 heteroatoms. The predicted molar refractivity (Wildman–Crippen MR) is 88.7 cm³/mol. The van der Waals surface area contributed by atoms with Gasteiger partial charge in [-0.25, -0.2) is 0 Å². The van der Waals surface area contributed by atoms with Gasteiger partial charge in [-0.15, -0.1) is 0 Å². The molecular weight excluding hydrogens is 452 g/mol. The molecule has 2 aromatic carbocycles. The third kappa shape index (κ3) is 3.48. The smallest absolute Gasteiger partial charge is 0.256 e. The topological polar surface area (TPSA) is 52.9 Å². The number of halogens is 3. The Bertz CT molecular complexity index is 723. The molecule has 0 saturated carbocycles. The van der Waals surface area contributed by atoms with Crippen LogP contribution in [-0.2, 0) is 0 Å². The zero-order valence-electron chi connectivity index (χ0n) is 9.95. The fraction of sp³-hybridized carbons (Fsp3) is 0. The SMILES string of the molecule is N#Cc1cc(Br)ccc1NC(=O)c1cc(Br)ccc1Br. The molecule has 0 radical (unpaired) electrons. The summed E-state index contributed by atoms with van der Waals surface area (Å²) < 4.78 is 2.28. The lowest BCUT2D eigenvalue weighted by Crippen LogP contribution is -2.13. The maximum absolute atomic E-state index is 12.3. The van der Waals surface area contributed by atoms with E-state index >= 15 is 0 Å². The minimum Gasteiger partial charge on any atom is -0.321 e. The standard InChI is InChI=1S/C14H7Br3N2O/c15-9-2-4-13(8(5-9)7-18)19-14(20)11-6-10(16)1-3-12(11)17/h1-6H,(H,19,20). The fourth-order valence-electron chi connectivity index (χ4n) is 1.58. The van der Waals surface area contributed by atoms with Gasteiger partial charge in [-0.3, -0.25) is 4.79 Å². The number of carbonyl (C=O) groups is 1. The van der Waals surface area contributed by atoms with Crippen LogP contribution in [0.5, 0.6) is 0 Å². The van der Waals surface area contributed by atoms with Gasteiger partial charge in [0.1, 0.15) is 6.07 Å². The second-order valence-corrected chi connectivity index (χ2v) is 6.57. The number of hydrogen-bond acceptors (Lipinski definition) is 2. The summed E-state index contributed by atoms with van der Waals surface area (Å²) in [6.45, 7) is 0. The van der Waals surface area contributed by atoms with Crippen molar-refractivity contribution >= 4 is 59.4 Å². The molecule has 0 bridgehead atoms. The van der Waals surface area contributed by atoms with Gasteiger partial charge in [0, 0.05) is 13.4 Å². The van der Waals surface area contributed by atoms with Crippen molar-refractivity contribution in [3.05, 3.63) is 60.9 Å². The number of rotatable bonds is 2. The molecule has 2 aromatic rings. The molecule has 1 N–H and O–H groups in total.